The first-order chi connectivity index (χ1) is 8.49. The van der Waals surface area contributed by atoms with Gasteiger partial charge in [-0.25, -0.2) is 0 Å². The van der Waals surface area contributed by atoms with Crippen LogP contribution in [0, 0.1) is 12.3 Å². The van der Waals surface area contributed by atoms with Gasteiger partial charge in [-0.3, -0.25) is 0 Å². The molecular weight excluding hydrogens is 220 g/mol. The van der Waals surface area contributed by atoms with Gasteiger partial charge >= 0.3 is 0 Å². The van der Waals surface area contributed by atoms with E-state index >= 15 is 0 Å². The fourth-order valence-corrected chi connectivity index (χ4v) is 2.43. The first-order valence-electron chi connectivity index (χ1n) is 6.88. The third kappa shape index (κ3) is 4.79. The number of rotatable bonds is 7. The summed E-state index contributed by atoms with van der Waals surface area (Å²) in [6, 6.07) is 8.84. The second-order valence-electron chi connectivity index (χ2n) is 5.85. The molecule has 0 bridgehead atoms. The Morgan fingerprint density at radius 3 is 2.33 bits per heavy atom. The zero-order valence-corrected chi connectivity index (χ0v) is 12.6. The van der Waals surface area contributed by atoms with E-state index < -0.39 is 0 Å². The van der Waals surface area contributed by atoms with Gasteiger partial charge in [-0.15, -0.1) is 0 Å². The summed E-state index contributed by atoms with van der Waals surface area (Å²) in [5.41, 5.74) is 3.08. The van der Waals surface area contributed by atoms with Crippen molar-refractivity contribution < 1.29 is 0 Å². The van der Waals surface area contributed by atoms with Gasteiger partial charge in [0.15, 0.2) is 0 Å². The van der Waals surface area contributed by atoms with Crippen LogP contribution < -0.4 is 5.32 Å². The van der Waals surface area contributed by atoms with E-state index in [9.17, 15) is 0 Å². The Labute approximate surface area is 112 Å². The van der Waals surface area contributed by atoms with Crippen LogP contribution in [0.5, 0.6) is 0 Å². The molecule has 0 saturated heterocycles. The van der Waals surface area contributed by atoms with Crippen LogP contribution in [0.25, 0.3) is 0 Å². The van der Waals surface area contributed by atoms with E-state index in [0.717, 1.165) is 19.6 Å². The summed E-state index contributed by atoms with van der Waals surface area (Å²) in [7, 11) is 4.25. The van der Waals surface area contributed by atoms with Crippen molar-refractivity contribution in [2.75, 3.05) is 27.2 Å². The summed E-state index contributed by atoms with van der Waals surface area (Å²) in [5.74, 6) is 0. The molecule has 1 aromatic rings. The summed E-state index contributed by atoms with van der Waals surface area (Å²) in [6.07, 6.45) is 1.20. The van der Waals surface area contributed by atoms with E-state index in [0.29, 0.717) is 5.41 Å². The van der Waals surface area contributed by atoms with Crippen molar-refractivity contribution in [3.05, 3.63) is 35.4 Å². The summed E-state index contributed by atoms with van der Waals surface area (Å²) in [4.78, 5) is 2.42. The van der Waals surface area contributed by atoms with Gasteiger partial charge in [0.05, 0.1) is 0 Å². The Bertz CT molecular complexity index is 345. The molecule has 102 valence electrons. The van der Waals surface area contributed by atoms with E-state index in [2.05, 4.69) is 62.3 Å². The van der Waals surface area contributed by atoms with E-state index in [4.69, 9.17) is 0 Å². The Kier molecular flexibility index (Phi) is 5.83. The largest absolute Gasteiger partial charge is 0.319 e. The molecule has 0 fully saturated rings. The molecule has 0 aliphatic carbocycles. The molecule has 2 heteroatoms. The topological polar surface area (TPSA) is 15.3 Å². The number of nitrogens with zero attached hydrogens (tertiary/aromatic N) is 1. The monoisotopic (exact) mass is 248 g/mol. The molecule has 1 aromatic carbocycles. The van der Waals surface area contributed by atoms with E-state index in [-0.39, 0.29) is 0 Å². The number of aryl methyl sites for hydroxylation is 1. The van der Waals surface area contributed by atoms with Crippen LogP contribution in [0.1, 0.15) is 31.4 Å². The number of nitrogens with one attached hydrogen (secondary N) is 1. The zero-order chi connectivity index (χ0) is 13.6. The van der Waals surface area contributed by atoms with Crippen molar-refractivity contribution in [3.63, 3.8) is 0 Å². The molecule has 18 heavy (non-hydrogen) atoms. The SMILES string of the molecule is CCC(C)(CNC)CN(C)Cc1ccc(C)cc1. The first kappa shape index (κ1) is 15.2. The molecule has 0 heterocycles. The second-order valence-corrected chi connectivity index (χ2v) is 5.85. The Balaban J connectivity index is 2.54. The van der Waals surface area contributed by atoms with Gasteiger partial charge in [-0.05, 0) is 38.4 Å². The maximum absolute atomic E-state index is 3.31. The van der Waals surface area contributed by atoms with Crippen LogP contribution in [-0.2, 0) is 6.54 Å². The third-order valence-corrected chi connectivity index (χ3v) is 3.68. The molecule has 0 saturated carbocycles. The summed E-state index contributed by atoms with van der Waals surface area (Å²) in [6.45, 7) is 9.99. The molecule has 1 rings (SSSR count). The van der Waals surface area contributed by atoms with Crippen LogP contribution >= 0.6 is 0 Å². The molecule has 1 N–H and O–H groups in total. The lowest BCUT2D eigenvalue weighted by molar-refractivity contribution is 0.178. The summed E-state index contributed by atoms with van der Waals surface area (Å²) < 4.78 is 0. The molecule has 0 aromatic heterocycles. The maximum atomic E-state index is 3.31. The van der Waals surface area contributed by atoms with Crippen LogP contribution in [0.2, 0.25) is 0 Å². The van der Waals surface area contributed by atoms with Gasteiger partial charge in [-0.1, -0.05) is 43.7 Å². The summed E-state index contributed by atoms with van der Waals surface area (Å²) >= 11 is 0. The van der Waals surface area contributed by atoms with Gasteiger partial charge < -0.3 is 10.2 Å². The lowest BCUT2D eigenvalue weighted by Crippen LogP contribution is -2.39. The Morgan fingerprint density at radius 2 is 1.83 bits per heavy atom. The van der Waals surface area contributed by atoms with Crippen molar-refractivity contribution in [1.29, 1.82) is 0 Å². The highest BCUT2D eigenvalue weighted by Gasteiger charge is 2.22. The smallest absolute Gasteiger partial charge is 0.0230 e. The van der Waals surface area contributed by atoms with Crippen molar-refractivity contribution in [1.82, 2.24) is 10.2 Å². The highest BCUT2D eigenvalue weighted by molar-refractivity contribution is 5.21. The summed E-state index contributed by atoms with van der Waals surface area (Å²) in [5, 5.41) is 3.31. The maximum Gasteiger partial charge on any atom is 0.0230 e. The molecule has 0 amide bonds. The van der Waals surface area contributed by atoms with Gasteiger partial charge in [0.2, 0.25) is 0 Å². The molecule has 0 aliphatic heterocycles. The van der Waals surface area contributed by atoms with Crippen molar-refractivity contribution in [3.8, 4) is 0 Å². The molecular formula is C16H28N2. The van der Waals surface area contributed by atoms with Gasteiger partial charge in [-0.2, -0.15) is 0 Å². The van der Waals surface area contributed by atoms with E-state index in [1.165, 1.54) is 17.5 Å². The third-order valence-electron chi connectivity index (χ3n) is 3.68. The highest BCUT2D eigenvalue weighted by Crippen LogP contribution is 2.21. The average molecular weight is 248 g/mol. The highest BCUT2D eigenvalue weighted by atomic mass is 15.1. The van der Waals surface area contributed by atoms with Crippen LogP contribution in [-0.4, -0.2) is 32.1 Å². The number of hydrogen-bond donors (Lipinski definition) is 1. The van der Waals surface area contributed by atoms with Crippen LogP contribution in [0.4, 0.5) is 0 Å². The second kappa shape index (κ2) is 6.91. The zero-order valence-electron chi connectivity index (χ0n) is 12.6. The predicted octanol–water partition coefficient (Wildman–Crippen LogP) is 3.06. The number of hydrogen-bond acceptors (Lipinski definition) is 2. The lowest BCUT2D eigenvalue weighted by Gasteiger charge is -2.33. The average Bonchev–Trinajstić information content (AvgIpc) is 2.32. The normalized spacial score (nSPS) is 14.8. The quantitative estimate of drug-likeness (QED) is 0.798. The predicted molar refractivity (Wildman–Crippen MR) is 79.8 cm³/mol. The van der Waals surface area contributed by atoms with E-state index in [1.807, 2.05) is 7.05 Å². The fraction of sp³-hybridized carbons (Fsp3) is 0.625. The van der Waals surface area contributed by atoms with Gasteiger partial charge in [0.25, 0.3) is 0 Å². The molecule has 0 spiro atoms. The first-order valence-corrected chi connectivity index (χ1v) is 6.88. The van der Waals surface area contributed by atoms with Crippen molar-refractivity contribution in [2.45, 2.75) is 33.7 Å². The Hall–Kier alpha value is -0.860. The Morgan fingerprint density at radius 1 is 1.22 bits per heavy atom. The number of benzene rings is 1. The standard InChI is InChI=1S/C16H28N2/c1-6-16(3,12-17-4)13-18(5)11-15-9-7-14(2)8-10-15/h7-10,17H,6,11-13H2,1-5H3. The molecule has 0 aliphatic rings. The lowest BCUT2D eigenvalue weighted by atomic mass is 9.87. The van der Waals surface area contributed by atoms with Gasteiger partial charge in [0.1, 0.15) is 0 Å². The van der Waals surface area contributed by atoms with Crippen molar-refractivity contribution in [2.24, 2.45) is 5.41 Å². The molecule has 1 atom stereocenters. The van der Waals surface area contributed by atoms with Crippen molar-refractivity contribution >= 4 is 0 Å². The minimum Gasteiger partial charge on any atom is -0.319 e. The molecule has 0 radical (unpaired) electrons. The fourth-order valence-electron chi connectivity index (χ4n) is 2.43. The van der Waals surface area contributed by atoms with Crippen LogP contribution in [0.15, 0.2) is 24.3 Å². The molecule has 2 nitrogen and oxygen atoms in total. The van der Waals surface area contributed by atoms with Gasteiger partial charge in [0, 0.05) is 19.6 Å². The molecule has 1 unspecified atom stereocenters. The van der Waals surface area contributed by atoms with E-state index in [1.54, 1.807) is 0 Å². The van der Waals surface area contributed by atoms with Crippen LogP contribution in [0.3, 0.4) is 0 Å². The minimum absolute atomic E-state index is 0.355. The minimum atomic E-state index is 0.355.